The van der Waals surface area contributed by atoms with E-state index in [9.17, 15) is 9.18 Å². The number of amides is 1. The van der Waals surface area contributed by atoms with Gasteiger partial charge in [0.1, 0.15) is 11.9 Å². The first-order chi connectivity index (χ1) is 9.13. The van der Waals surface area contributed by atoms with Crippen molar-refractivity contribution >= 4 is 24.0 Å². The number of hydrogen-bond acceptors (Lipinski definition) is 3. The molecule has 0 aliphatic carbocycles. The zero-order chi connectivity index (χ0) is 13.8. The zero-order valence-corrected chi connectivity index (χ0v) is 12.5. The molecule has 20 heavy (non-hydrogen) atoms. The fourth-order valence-corrected chi connectivity index (χ4v) is 2.19. The van der Waals surface area contributed by atoms with Gasteiger partial charge in [-0.1, -0.05) is 6.07 Å². The van der Waals surface area contributed by atoms with Crippen LogP contribution in [-0.4, -0.2) is 25.2 Å². The molecule has 0 spiro atoms. The third kappa shape index (κ3) is 3.69. The van der Waals surface area contributed by atoms with E-state index >= 15 is 0 Å². The zero-order valence-electron chi connectivity index (χ0n) is 11.7. The first kappa shape index (κ1) is 16.9. The Bertz CT molecular complexity index is 482. The van der Waals surface area contributed by atoms with Gasteiger partial charge >= 0.3 is 0 Å². The van der Waals surface area contributed by atoms with E-state index in [-0.39, 0.29) is 29.8 Å². The molecule has 2 rings (SSSR count). The summed E-state index contributed by atoms with van der Waals surface area (Å²) in [5.74, 6) is -0.648. The Morgan fingerprint density at radius 2 is 2.30 bits per heavy atom. The monoisotopic (exact) mass is 302 g/mol. The molecule has 1 aliphatic heterocycles. The van der Waals surface area contributed by atoms with Gasteiger partial charge in [0.15, 0.2) is 0 Å². The van der Waals surface area contributed by atoms with Gasteiger partial charge in [-0.3, -0.25) is 4.79 Å². The highest BCUT2D eigenvalue weighted by molar-refractivity contribution is 5.94. The Morgan fingerprint density at radius 1 is 1.55 bits per heavy atom. The number of rotatable bonds is 4. The van der Waals surface area contributed by atoms with Crippen molar-refractivity contribution in [3.63, 3.8) is 0 Å². The summed E-state index contributed by atoms with van der Waals surface area (Å²) in [7, 11) is 0. The van der Waals surface area contributed by atoms with Crippen molar-refractivity contribution in [1.82, 2.24) is 5.32 Å². The number of anilines is 1. The van der Waals surface area contributed by atoms with Crippen LogP contribution < -0.4 is 10.6 Å². The quantitative estimate of drug-likeness (QED) is 0.897. The van der Waals surface area contributed by atoms with Crippen LogP contribution in [0.3, 0.4) is 0 Å². The third-order valence-corrected chi connectivity index (χ3v) is 3.25. The molecule has 0 aromatic heterocycles. The third-order valence-electron chi connectivity index (χ3n) is 3.25. The standard InChI is InChI=1S/C14H19FN2O2.ClH/c1-3-19-9(2)14(18)17-12-5-4-10-8-16-7-6-11(10)13(12)15;/h4-5,9,16H,3,6-8H2,1-2H3,(H,17,18);1H. The summed E-state index contributed by atoms with van der Waals surface area (Å²) < 4.78 is 19.5. The van der Waals surface area contributed by atoms with Gasteiger partial charge in [0.25, 0.3) is 5.91 Å². The highest BCUT2D eigenvalue weighted by Gasteiger charge is 2.19. The Morgan fingerprint density at radius 3 is 3.00 bits per heavy atom. The van der Waals surface area contributed by atoms with Gasteiger partial charge in [0.05, 0.1) is 5.69 Å². The van der Waals surface area contributed by atoms with E-state index < -0.39 is 6.10 Å². The molecule has 6 heteroatoms. The lowest BCUT2D eigenvalue weighted by molar-refractivity contribution is -0.126. The van der Waals surface area contributed by atoms with Crippen LogP contribution in [0.5, 0.6) is 0 Å². The van der Waals surface area contributed by atoms with E-state index in [0.717, 1.165) is 12.1 Å². The fraction of sp³-hybridized carbons (Fsp3) is 0.500. The van der Waals surface area contributed by atoms with E-state index in [1.807, 2.05) is 13.0 Å². The molecule has 112 valence electrons. The number of benzene rings is 1. The maximum absolute atomic E-state index is 14.3. The van der Waals surface area contributed by atoms with E-state index in [4.69, 9.17) is 4.74 Å². The molecule has 1 unspecified atom stereocenters. The molecular weight excluding hydrogens is 283 g/mol. The minimum atomic E-state index is -0.581. The minimum Gasteiger partial charge on any atom is -0.369 e. The molecule has 0 saturated carbocycles. The summed E-state index contributed by atoms with van der Waals surface area (Å²) in [5, 5.41) is 5.77. The molecule has 1 heterocycles. The van der Waals surface area contributed by atoms with Crippen molar-refractivity contribution in [2.24, 2.45) is 0 Å². The summed E-state index contributed by atoms with van der Waals surface area (Å²) in [6.07, 6.45) is 0.0633. The number of carbonyl (C=O) groups is 1. The van der Waals surface area contributed by atoms with Crippen LogP contribution in [0.25, 0.3) is 0 Å². The van der Waals surface area contributed by atoms with Crippen LogP contribution >= 0.6 is 12.4 Å². The lowest BCUT2D eigenvalue weighted by Crippen LogP contribution is -2.29. The lowest BCUT2D eigenvalue weighted by atomic mass is 9.99. The van der Waals surface area contributed by atoms with E-state index in [2.05, 4.69) is 10.6 Å². The summed E-state index contributed by atoms with van der Waals surface area (Å²) in [6.45, 7) is 5.36. The number of fused-ring (bicyclic) bond motifs is 1. The van der Waals surface area contributed by atoms with Gasteiger partial charge in [-0.15, -0.1) is 12.4 Å². The maximum atomic E-state index is 14.3. The van der Waals surface area contributed by atoms with Crippen molar-refractivity contribution in [1.29, 1.82) is 0 Å². The maximum Gasteiger partial charge on any atom is 0.253 e. The van der Waals surface area contributed by atoms with Crippen LogP contribution in [0.2, 0.25) is 0 Å². The van der Waals surface area contributed by atoms with Crippen LogP contribution in [0.15, 0.2) is 12.1 Å². The average Bonchev–Trinajstić information content (AvgIpc) is 2.42. The molecule has 1 aliphatic rings. The number of carbonyl (C=O) groups excluding carboxylic acids is 1. The van der Waals surface area contributed by atoms with Crippen molar-refractivity contribution in [2.75, 3.05) is 18.5 Å². The lowest BCUT2D eigenvalue weighted by Gasteiger charge is -2.20. The minimum absolute atomic E-state index is 0. The first-order valence-corrected chi connectivity index (χ1v) is 6.57. The second-order valence-corrected chi connectivity index (χ2v) is 4.58. The molecule has 0 bridgehead atoms. The van der Waals surface area contributed by atoms with E-state index in [1.54, 1.807) is 13.0 Å². The van der Waals surface area contributed by atoms with Gasteiger partial charge in [-0.25, -0.2) is 4.39 Å². The second-order valence-electron chi connectivity index (χ2n) is 4.58. The molecule has 0 radical (unpaired) electrons. The average molecular weight is 303 g/mol. The summed E-state index contributed by atoms with van der Waals surface area (Å²) in [6, 6.07) is 3.46. The van der Waals surface area contributed by atoms with Crippen LogP contribution in [-0.2, 0) is 22.5 Å². The highest BCUT2D eigenvalue weighted by atomic mass is 35.5. The summed E-state index contributed by atoms with van der Waals surface area (Å²) in [4.78, 5) is 11.8. The topological polar surface area (TPSA) is 50.4 Å². The van der Waals surface area contributed by atoms with Crippen LogP contribution in [0, 0.1) is 5.82 Å². The molecule has 0 fully saturated rings. The highest BCUT2D eigenvalue weighted by Crippen LogP contribution is 2.24. The van der Waals surface area contributed by atoms with E-state index in [0.29, 0.717) is 25.1 Å². The van der Waals surface area contributed by atoms with Gasteiger partial charge in [-0.05, 0) is 44.0 Å². The molecule has 2 N–H and O–H groups in total. The van der Waals surface area contributed by atoms with Crippen molar-refractivity contribution in [2.45, 2.75) is 32.9 Å². The Labute approximate surface area is 124 Å². The Hall–Kier alpha value is -1.17. The molecule has 1 aromatic rings. The smallest absolute Gasteiger partial charge is 0.253 e. The number of ether oxygens (including phenoxy) is 1. The SMILES string of the molecule is CCOC(C)C(=O)Nc1ccc2c(c1F)CCNC2.Cl. The van der Waals surface area contributed by atoms with Gasteiger partial charge in [0, 0.05) is 13.2 Å². The van der Waals surface area contributed by atoms with Gasteiger partial charge in [0.2, 0.25) is 0 Å². The Balaban J connectivity index is 0.00000200. The molecule has 1 aromatic carbocycles. The van der Waals surface area contributed by atoms with Crippen LogP contribution in [0.4, 0.5) is 10.1 Å². The summed E-state index contributed by atoms with van der Waals surface area (Å²) in [5.41, 5.74) is 1.89. The van der Waals surface area contributed by atoms with Gasteiger partial charge < -0.3 is 15.4 Å². The number of halogens is 2. The van der Waals surface area contributed by atoms with Crippen LogP contribution in [0.1, 0.15) is 25.0 Å². The predicted molar refractivity (Wildman–Crippen MR) is 78.8 cm³/mol. The largest absolute Gasteiger partial charge is 0.369 e. The second kappa shape index (κ2) is 7.57. The van der Waals surface area contributed by atoms with Crippen molar-refractivity contribution in [3.05, 3.63) is 29.1 Å². The Kier molecular flexibility index (Phi) is 6.39. The van der Waals surface area contributed by atoms with E-state index in [1.165, 1.54) is 0 Å². The predicted octanol–water partition coefficient (Wildman–Crippen LogP) is 2.26. The molecular formula is C14H20ClFN2O2. The molecule has 1 amide bonds. The summed E-state index contributed by atoms with van der Waals surface area (Å²) >= 11 is 0. The van der Waals surface area contributed by atoms with Crippen molar-refractivity contribution in [3.8, 4) is 0 Å². The molecule has 1 atom stereocenters. The fourth-order valence-electron chi connectivity index (χ4n) is 2.19. The first-order valence-electron chi connectivity index (χ1n) is 6.57. The molecule has 4 nitrogen and oxygen atoms in total. The molecule has 0 saturated heterocycles. The number of hydrogen-bond donors (Lipinski definition) is 2. The van der Waals surface area contributed by atoms with Gasteiger partial charge in [-0.2, -0.15) is 0 Å². The number of nitrogens with one attached hydrogen (secondary N) is 2. The normalized spacial score (nSPS) is 14.9. The van der Waals surface area contributed by atoms with Crippen molar-refractivity contribution < 1.29 is 13.9 Å².